The van der Waals surface area contributed by atoms with Gasteiger partial charge in [0.1, 0.15) is 0 Å². The predicted molar refractivity (Wildman–Crippen MR) is 79.0 cm³/mol. The topological polar surface area (TPSA) is 20.2 Å². The molecule has 0 unspecified atom stereocenters. The summed E-state index contributed by atoms with van der Waals surface area (Å²) in [5, 5.41) is 8.59. The van der Waals surface area contributed by atoms with E-state index < -0.39 is 0 Å². The first kappa shape index (κ1) is 16.8. The maximum atomic E-state index is 8.59. The van der Waals surface area contributed by atoms with Crippen LogP contribution >= 0.6 is 0 Å². The van der Waals surface area contributed by atoms with E-state index in [2.05, 4.69) is 42.8 Å². The van der Waals surface area contributed by atoms with Crippen molar-refractivity contribution >= 4 is 0 Å². The highest BCUT2D eigenvalue weighted by Gasteiger charge is 1.80. The van der Waals surface area contributed by atoms with E-state index in [9.17, 15) is 0 Å². The Morgan fingerprint density at radius 2 is 1.56 bits per heavy atom. The minimum absolute atomic E-state index is 0.279. The van der Waals surface area contributed by atoms with Crippen molar-refractivity contribution in [1.29, 1.82) is 0 Å². The van der Waals surface area contributed by atoms with Gasteiger partial charge in [0.2, 0.25) is 0 Å². The average Bonchev–Trinajstić information content (AvgIpc) is 2.39. The molecule has 1 nitrogen and oxygen atoms in total. The second kappa shape index (κ2) is 15.8. The Balaban J connectivity index is 3.35. The van der Waals surface area contributed by atoms with Crippen LogP contribution in [0.25, 0.3) is 0 Å². The van der Waals surface area contributed by atoms with Crippen molar-refractivity contribution in [3.63, 3.8) is 0 Å². The highest BCUT2D eigenvalue weighted by Crippen LogP contribution is 1.97. The fraction of sp³-hybridized carbons (Fsp3) is 0.647. The van der Waals surface area contributed by atoms with Crippen LogP contribution in [0.15, 0.2) is 12.2 Å². The third kappa shape index (κ3) is 14.8. The van der Waals surface area contributed by atoms with Gasteiger partial charge in [-0.05, 0) is 25.7 Å². The zero-order chi connectivity index (χ0) is 13.3. The molecule has 0 aromatic rings. The van der Waals surface area contributed by atoms with Crippen LogP contribution in [0.4, 0.5) is 0 Å². The fourth-order valence-electron chi connectivity index (χ4n) is 1.41. The van der Waals surface area contributed by atoms with E-state index in [-0.39, 0.29) is 6.61 Å². The fourth-order valence-corrected chi connectivity index (χ4v) is 1.41. The molecule has 0 heterocycles. The molecule has 1 heteroatoms. The Bertz CT molecular complexity index is 306. The lowest BCUT2D eigenvalue weighted by atomic mass is 10.2. The van der Waals surface area contributed by atoms with Crippen molar-refractivity contribution in [1.82, 2.24) is 0 Å². The standard InChI is InChI=1S/C17H26O/c1-2-3-4-5-6-7-8-9-10-11-12-13-14-15-16-17-18/h13-14,18H,2-5,8,11-12,15-17H2,1H3. The molecular formula is C17H26O. The van der Waals surface area contributed by atoms with Gasteiger partial charge in [-0.1, -0.05) is 43.8 Å². The summed E-state index contributed by atoms with van der Waals surface area (Å²) in [6.07, 6.45) is 13.5. The van der Waals surface area contributed by atoms with Crippen LogP contribution in [0.1, 0.15) is 64.7 Å². The van der Waals surface area contributed by atoms with Gasteiger partial charge in [-0.15, -0.1) is 11.8 Å². The third-order valence-electron chi connectivity index (χ3n) is 2.46. The Hall–Kier alpha value is -1.18. The summed E-state index contributed by atoms with van der Waals surface area (Å²) in [4.78, 5) is 0. The monoisotopic (exact) mass is 246 g/mol. The van der Waals surface area contributed by atoms with Gasteiger partial charge < -0.3 is 5.11 Å². The molecule has 0 saturated carbocycles. The zero-order valence-electron chi connectivity index (χ0n) is 11.7. The van der Waals surface area contributed by atoms with Gasteiger partial charge in [0.05, 0.1) is 6.42 Å². The lowest BCUT2D eigenvalue weighted by Crippen LogP contribution is -1.78. The zero-order valence-corrected chi connectivity index (χ0v) is 11.7. The Morgan fingerprint density at radius 3 is 2.28 bits per heavy atom. The quantitative estimate of drug-likeness (QED) is 0.389. The molecule has 0 aliphatic rings. The van der Waals surface area contributed by atoms with Crippen LogP contribution < -0.4 is 0 Å². The third-order valence-corrected chi connectivity index (χ3v) is 2.46. The Kier molecular flexibility index (Phi) is 14.8. The van der Waals surface area contributed by atoms with Crippen molar-refractivity contribution in [3.05, 3.63) is 12.2 Å². The molecule has 0 rings (SSSR count). The highest BCUT2D eigenvalue weighted by atomic mass is 16.2. The summed E-state index contributed by atoms with van der Waals surface area (Å²) >= 11 is 0. The highest BCUT2D eigenvalue weighted by molar-refractivity contribution is 5.11. The SMILES string of the molecule is CCCCCC#CCC#CCCC=CCCCO. The van der Waals surface area contributed by atoms with E-state index in [1.54, 1.807) is 0 Å². The van der Waals surface area contributed by atoms with Gasteiger partial charge in [0, 0.05) is 19.4 Å². The minimum Gasteiger partial charge on any atom is -0.396 e. The number of hydrogen-bond acceptors (Lipinski definition) is 1. The van der Waals surface area contributed by atoms with Gasteiger partial charge >= 0.3 is 0 Å². The first-order valence-electron chi connectivity index (χ1n) is 7.09. The van der Waals surface area contributed by atoms with E-state index in [4.69, 9.17) is 5.11 Å². The molecule has 0 aliphatic heterocycles. The molecule has 0 aromatic heterocycles. The summed E-state index contributed by atoms with van der Waals surface area (Å²) < 4.78 is 0. The molecule has 18 heavy (non-hydrogen) atoms. The minimum atomic E-state index is 0.279. The first-order valence-corrected chi connectivity index (χ1v) is 7.09. The molecule has 0 aromatic carbocycles. The van der Waals surface area contributed by atoms with E-state index in [1.165, 1.54) is 19.3 Å². The maximum Gasteiger partial charge on any atom is 0.0702 e. The van der Waals surface area contributed by atoms with Gasteiger partial charge in [-0.25, -0.2) is 0 Å². The maximum absolute atomic E-state index is 8.59. The number of hydrogen-bond donors (Lipinski definition) is 1. The van der Waals surface area contributed by atoms with Gasteiger partial charge in [0.15, 0.2) is 0 Å². The van der Waals surface area contributed by atoms with Crippen LogP contribution in [0.3, 0.4) is 0 Å². The second-order valence-electron chi connectivity index (χ2n) is 4.22. The normalized spacial score (nSPS) is 9.67. The number of rotatable bonds is 8. The van der Waals surface area contributed by atoms with E-state index in [0.29, 0.717) is 6.42 Å². The molecule has 0 amide bonds. The molecule has 0 bridgehead atoms. The molecule has 0 aliphatic carbocycles. The lowest BCUT2D eigenvalue weighted by Gasteiger charge is -1.88. The van der Waals surface area contributed by atoms with E-state index in [1.807, 2.05) is 0 Å². The summed E-state index contributed by atoms with van der Waals surface area (Å²) in [6.45, 7) is 2.48. The summed E-state index contributed by atoms with van der Waals surface area (Å²) in [6, 6.07) is 0. The lowest BCUT2D eigenvalue weighted by molar-refractivity contribution is 0.289. The van der Waals surface area contributed by atoms with Gasteiger partial charge in [-0.2, -0.15) is 0 Å². The average molecular weight is 246 g/mol. The summed E-state index contributed by atoms with van der Waals surface area (Å²) in [7, 11) is 0. The molecular weight excluding hydrogens is 220 g/mol. The van der Waals surface area contributed by atoms with Crippen LogP contribution in [-0.4, -0.2) is 11.7 Å². The molecule has 0 spiro atoms. The smallest absolute Gasteiger partial charge is 0.0702 e. The number of aliphatic hydroxyl groups excluding tert-OH is 1. The Morgan fingerprint density at radius 1 is 0.833 bits per heavy atom. The molecule has 0 atom stereocenters. The molecule has 0 radical (unpaired) electrons. The van der Waals surface area contributed by atoms with Gasteiger partial charge in [-0.3, -0.25) is 0 Å². The largest absolute Gasteiger partial charge is 0.396 e. The number of aliphatic hydroxyl groups is 1. The molecule has 0 saturated heterocycles. The van der Waals surface area contributed by atoms with Crippen molar-refractivity contribution in [2.24, 2.45) is 0 Å². The van der Waals surface area contributed by atoms with E-state index >= 15 is 0 Å². The summed E-state index contributed by atoms with van der Waals surface area (Å²) in [5.41, 5.74) is 0. The van der Waals surface area contributed by atoms with Crippen molar-refractivity contribution in [2.75, 3.05) is 6.61 Å². The van der Waals surface area contributed by atoms with Crippen molar-refractivity contribution in [3.8, 4) is 23.7 Å². The molecule has 1 N–H and O–H groups in total. The van der Waals surface area contributed by atoms with Crippen molar-refractivity contribution in [2.45, 2.75) is 64.7 Å². The van der Waals surface area contributed by atoms with Crippen LogP contribution in [0.5, 0.6) is 0 Å². The summed E-state index contributed by atoms with van der Waals surface area (Å²) in [5.74, 6) is 12.5. The molecule has 100 valence electrons. The number of unbranched alkanes of at least 4 members (excludes halogenated alkanes) is 5. The van der Waals surface area contributed by atoms with Crippen LogP contribution in [0.2, 0.25) is 0 Å². The first-order chi connectivity index (χ1) is 8.91. The van der Waals surface area contributed by atoms with Crippen LogP contribution in [0, 0.1) is 23.7 Å². The number of allylic oxidation sites excluding steroid dienone is 2. The van der Waals surface area contributed by atoms with E-state index in [0.717, 1.165) is 32.1 Å². The predicted octanol–water partition coefficient (Wildman–Crippen LogP) is 4.07. The van der Waals surface area contributed by atoms with Crippen LogP contribution in [-0.2, 0) is 0 Å². The van der Waals surface area contributed by atoms with Crippen molar-refractivity contribution < 1.29 is 5.11 Å². The molecule has 0 fully saturated rings. The second-order valence-corrected chi connectivity index (χ2v) is 4.22. The Labute approximate surface area is 113 Å². The van der Waals surface area contributed by atoms with Gasteiger partial charge in [0.25, 0.3) is 0 Å².